The number of hydrogen-bond acceptors (Lipinski definition) is 3. The van der Waals surface area contributed by atoms with Gasteiger partial charge in [-0.05, 0) is 56.5 Å². The van der Waals surface area contributed by atoms with E-state index in [-0.39, 0.29) is 11.8 Å². The van der Waals surface area contributed by atoms with Gasteiger partial charge in [0, 0.05) is 25.6 Å². The minimum absolute atomic E-state index is 0.0306. The van der Waals surface area contributed by atoms with Gasteiger partial charge in [-0.1, -0.05) is 13.8 Å². The zero-order valence-corrected chi connectivity index (χ0v) is 15.8. The maximum Gasteiger partial charge on any atom is 0.222 e. The van der Waals surface area contributed by atoms with E-state index in [2.05, 4.69) is 42.5 Å². The second-order valence-electron chi connectivity index (χ2n) is 4.94. The van der Waals surface area contributed by atoms with Crippen molar-refractivity contribution >= 4 is 37.8 Å². The minimum Gasteiger partial charge on any atom is -0.492 e. The van der Waals surface area contributed by atoms with Crippen LogP contribution in [0.15, 0.2) is 21.1 Å². The zero-order chi connectivity index (χ0) is 15.8. The number of benzene rings is 1. The smallest absolute Gasteiger partial charge is 0.222 e. The molecule has 0 spiro atoms. The standard InChI is InChI=1S/C15H22Br2N2O2/c1-4-21-14-12(16)7-11(8-13(14)17)9-18-5-6-19-15(20)10(2)3/h7-8,10,18H,4-6,9H2,1-3H3,(H,19,20). The quantitative estimate of drug-likeness (QED) is 0.631. The average molecular weight is 422 g/mol. The van der Waals surface area contributed by atoms with Gasteiger partial charge in [0.15, 0.2) is 0 Å². The van der Waals surface area contributed by atoms with Crippen LogP contribution in [-0.4, -0.2) is 25.6 Å². The van der Waals surface area contributed by atoms with Crippen LogP contribution in [0.3, 0.4) is 0 Å². The SMILES string of the molecule is CCOc1c(Br)cc(CNCCNC(=O)C(C)C)cc1Br. The third-order valence-corrected chi connectivity index (χ3v) is 3.98. The van der Waals surface area contributed by atoms with Crippen LogP contribution in [0.4, 0.5) is 0 Å². The molecule has 2 N–H and O–H groups in total. The molecule has 0 aliphatic carbocycles. The lowest BCUT2D eigenvalue weighted by atomic mass is 10.2. The molecule has 118 valence electrons. The van der Waals surface area contributed by atoms with Crippen LogP contribution in [0.1, 0.15) is 26.3 Å². The first-order valence-corrected chi connectivity index (χ1v) is 8.63. The maximum absolute atomic E-state index is 11.4. The second kappa shape index (κ2) is 9.43. The van der Waals surface area contributed by atoms with E-state index in [9.17, 15) is 4.79 Å². The fraction of sp³-hybridized carbons (Fsp3) is 0.533. The molecule has 0 aliphatic heterocycles. The molecule has 0 saturated heterocycles. The van der Waals surface area contributed by atoms with Gasteiger partial charge in [0.2, 0.25) is 5.91 Å². The zero-order valence-electron chi connectivity index (χ0n) is 12.6. The van der Waals surface area contributed by atoms with Crippen LogP contribution in [0.5, 0.6) is 5.75 Å². The minimum atomic E-state index is 0.0306. The van der Waals surface area contributed by atoms with Crippen LogP contribution in [-0.2, 0) is 11.3 Å². The van der Waals surface area contributed by atoms with Crippen LogP contribution in [0.2, 0.25) is 0 Å². The number of amides is 1. The molecule has 0 fully saturated rings. The highest BCUT2D eigenvalue weighted by Crippen LogP contribution is 2.34. The van der Waals surface area contributed by atoms with Gasteiger partial charge in [-0.25, -0.2) is 0 Å². The largest absolute Gasteiger partial charge is 0.492 e. The highest BCUT2D eigenvalue weighted by molar-refractivity contribution is 9.11. The Morgan fingerprint density at radius 1 is 1.24 bits per heavy atom. The van der Waals surface area contributed by atoms with E-state index in [4.69, 9.17) is 4.74 Å². The van der Waals surface area contributed by atoms with E-state index < -0.39 is 0 Å². The normalized spacial score (nSPS) is 10.8. The van der Waals surface area contributed by atoms with Crippen LogP contribution in [0, 0.1) is 5.92 Å². The Balaban J connectivity index is 2.41. The Morgan fingerprint density at radius 3 is 2.38 bits per heavy atom. The van der Waals surface area contributed by atoms with Crippen molar-refractivity contribution in [1.29, 1.82) is 0 Å². The van der Waals surface area contributed by atoms with Crippen molar-refractivity contribution in [3.63, 3.8) is 0 Å². The number of halogens is 2. The first-order chi connectivity index (χ1) is 9.95. The van der Waals surface area contributed by atoms with Crippen LogP contribution < -0.4 is 15.4 Å². The predicted octanol–water partition coefficient (Wildman–Crippen LogP) is 3.47. The topological polar surface area (TPSA) is 50.4 Å². The summed E-state index contributed by atoms with van der Waals surface area (Å²) in [4.78, 5) is 11.4. The summed E-state index contributed by atoms with van der Waals surface area (Å²) < 4.78 is 7.42. The summed E-state index contributed by atoms with van der Waals surface area (Å²) in [7, 11) is 0. The summed E-state index contributed by atoms with van der Waals surface area (Å²) in [6.45, 7) is 8.47. The third kappa shape index (κ3) is 6.36. The van der Waals surface area contributed by atoms with Crippen molar-refractivity contribution in [2.24, 2.45) is 5.92 Å². The molecule has 6 heteroatoms. The summed E-state index contributed by atoms with van der Waals surface area (Å²) in [6, 6.07) is 4.07. The Bertz CT molecular complexity index is 456. The molecular weight excluding hydrogens is 400 g/mol. The van der Waals surface area contributed by atoms with Crippen LogP contribution >= 0.6 is 31.9 Å². The van der Waals surface area contributed by atoms with Gasteiger partial charge in [0.05, 0.1) is 15.6 Å². The Morgan fingerprint density at radius 2 is 1.86 bits per heavy atom. The van der Waals surface area contributed by atoms with E-state index >= 15 is 0 Å². The molecule has 0 aliphatic rings. The second-order valence-corrected chi connectivity index (χ2v) is 6.65. The molecule has 0 radical (unpaired) electrons. The van der Waals surface area contributed by atoms with Gasteiger partial charge in [0.1, 0.15) is 5.75 Å². The molecule has 4 nitrogen and oxygen atoms in total. The molecule has 0 saturated carbocycles. The number of hydrogen-bond donors (Lipinski definition) is 2. The maximum atomic E-state index is 11.4. The van der Waals surface area contributed by atoms with Crippen molar-refractivity contribution in [3.8, 4) is 5.75 Å². The highest BCUT2D eigenvalue weighted by atomic mass is 79.9. The Hall–Kier alpha value is -0.590. The number of ether oxygens (including phenoxy) is 1. The summed E-state index contributed by atoms with van der Waals surface area (Å²) in [5.74, 6) is 0.942. The average Bonchev–Trinajstić information content (AvgIpc) is 2.42. The fourth-order valence-electron chi connectivity index (χ4n) is 1.71. The van der Waals surface area contributed by atoms with Crippen molar-refractivity contribution in [2.45, 2.75) is 27.3 Å². The molecule has 0 heterocycles. The summed E-state index contributed by atoms with van der Waals surface area (Å²) in [6.07, 6.45) is 0. The summed E-state index contributed by atoms with van der Waals surface area (Å²) in [5.41, 5.74) is 1.15. The molecule has 1 rings (SSSR count). The summed E-state index contributed by atoms with van der Waals surface area (Å²) >= 11 is 7.03. The first kappa shape index (κ1) is 18.5. The number of nitrogens with one attached hydrogen (secondary N) is 2. The van der Waals surface area contributed by atoms with Crippen LogP contribution in [0.25, 0.3) is 0 Å². The van der Waals surface area contributed by atoms with Gasteiger partial charge in [-0.3, -0.25) is 4.79 Å². The van der Waals surface area contributed by atoms with Crippen molar-refractivity contribution in [2.75, 3.05) is 19.7 Å². The molecule has 1 aromatic rings. The van der Waals surface area contributed by atoms with Crippen molar-refractivity contribution < 1.29 is 9.53 Å². The van der Waals surface area contributed by atoms with Gasteiger partial charge in [-0.15, -0.1) is 0 Å². The molecule has 1 aromatic carbocycles. The van der Waals surface area contributed by atoms with Crippen molar-refractivity contribution in [1.82, 2.24) is 10.6 Å². The van der Waals surface area contributed by atoms with Gasteiger partial charge in [0.25, 0.3) is 0 Å². The number of carbonyl (C=O) groups excluding carboxylic acids is 1. The molecule has 1 amide bonds. The fourth-order valence-corrected chi connectivity index (χ4v) is 3.22. The van der Waals surface area contributed by atoms with E-state index in [1.807, 2.05) is 32.9 Å². The predicted molar refractivity (Wildman–Crippen MR) is 92.6 cm³/mol. The van der Waals surface area contributed by atoms with E-state index in [0.717, 1.165) is 33.3 Å². The summed E-state index contributed by atoms with van der Waals surface area (Å²) in [5, 5.41) is 6.18. The monoisotopic (exact) mass is 420 g/mol. The van der Waals surface area contributed by atoms with E-state index in [1.165, 1.54) is 0 Å². The third-order valence-electron chi connectivity index (χ3n) is 2.80. The lowest BCUT2D eigenvalue weighted by molar-refractivity contribution is -0.123. The molecule has 0 aromatic heterocycles. The molecule has 21 heavy (non-hydrogen) atoms. The molecule has 0 atom stereocenters. The highest BCUT2D eigenvalue weighted by Gasteiger charge is 2.08. The van der Waals surface area contributed by atoms with Crippen molar-refractivity contribution in [3.05, 3.63) is 26.6 Å². The molecular formula is C15H22Br2N2O2. The van der Waals surface area contributed by atoms with E-state index in [1.54, 1.807) is 0 Å². The lowest BCUT2D eigenvalue weighted by Crippen LogP contribution is -2.34. The van der Waals surface area contributed by atoms with E-state index in [0.29, 0.717) is 13.2 Å². The number of rotatable bonds is 8. The Labute approximate surface area is 143 Å². The Kier molecular flexibility index (Phi) is 8.29. The molecule has 0 unspecified atom stereocenters. The number of carbonyl (C=O) groups is 1. The lowest BCUT2D eigenvalue weighted by Gasteiger charge is -2.12. The van der Waals surface area contributed by atoms with Gasteiger partial charge < -0.3 is 15.4 Å². The van der Waals surface area contributed by atoms with Gasteiger partial charge in [-0.2, -0.15) is 0 Å². The molecule has 0 bridgehead atoms. The first-order valence-electron chi connectivity index (χ1n) is 7.04. The van der Waals surface area contributed by atoms with Gasteiger partial charge >= 0.3 is 0 Å².